The van der Waals surface area contributed by atoms with Crippen LogP contribution in [0.5, 0.6) is 0 Å². The molecule has 1 heterocycles. The molecule has 1 aromatic rings. The molecule has 1 amide bonds. The molecule has 122 valence electrons. The summed E-state index contributed by atoms with van der Waals surface area (Å²) in [6.45, 7) is 5.97. The van der Waals surface area contributed by atoms with Crippen molar-refractivity contribution >= 4 is 6.09 Å². The predicted octanol–water partition coefficient (Wildman–Crippen LogP) is 3.57. The minimum atomic E-state index is -0.295. The first-order valence-electron chi connectivity index (χ1n) is 8.47. The number of benzene rings is 1. The van der Waals surface area contributed by atoms with E-state index in [9.17, 15) is 4.79 Å². The van der Waals surface area contributed by atoms with Crippen molar-refractivity contribution in [3.63, 3.8) is 0 Å². The number of nitrogens with zero attached hydrogens (tertiary/aromatic N) is 1. The highest BCUT2D eigenvalue weighted by atomic mass is 16.5. The van der Waals surface area contributed by atoms with Gasteiger partial charge in [-0.2, -0.15) is 0 Å². The van der Waals surface area contributed by atoms with E-state index in [4.69, 9.17) is 4.74 Å². The number of hydrogen-bond donors (Lipinski definition) is 1. The quantitative estimate of drug-likeness (QED) is 0.873. The molecule has 0 saturated carbocycles. The molecular formula is C18H28N2O2. The van der Waals surface area contributed by atoms with Gasteiger partial charge in [0.2, 0.25) is 0 Å². The van der Waals surface area contributed by atoms with Gasteiger partial charge in [0.25, 0.3) is 0 Å². The Balaban J connectivity index is 1.68. The molecule has 1 atom stereocenters. The first kappa shape index (κ1) is 16.8. The number of rotatable bonds is 6. The van der Waals surface area contributed by atoms with Crippen LogP contribution in [-0.2, 0) is 11.3 Å². The fourth-order valence-corrected chi connectivity index (χ4v) is 2.84. The summed E-state index contributed by atoms with van der Waals surface area (Å²) in [5, 5.41) is 3.02. The largest absolute Gasteiger partial charge is 0.445 e. The first-order chi connectivity index (χ1) is 10.8. The van der Waals surface area contributed by atoms with E-state index in [1.165, 1.54) is 19.4 Å². The van der Waals surface area contributed by atoms with Crippen LogP contribution in [0, 0.1) is 0 Å². The van der Waals surface area contributed by atoms with Crippen LogP contribution >= 0.6 is 0 Å². The molecule has 0 radical (unpaired) electrons. The van der Waals surface area contributed by atoms with Crippen LogP contribution in [0.1, 0.15) is 44.6 Å². The molecule has 1 fully saturated rings. The summed E-state index contributed by atoms with van der Waals surface area (Å²) >= 11 is 0. The average molecular weight is 304 g/mol. The van der Waals surface area contributed by atoms with Crippen molar-refractivity contribution in [1.82, 2.24) is 10.2 Å². The molecule has 0 aromatic heterocycles. The summed E-state index contributed by atoms with van der Waals surface area (Å²) in [6.07, 6.45) is 5.41. The molecular weight excluding hydrogens is 276 g/mol. The second-order valence-electron chi connectivity index (χ2n) is 6.03. The van der Waals surface area contributed by atoms with Gasteiger partial charge in [-0.1, -0.05) is 43.7 Å². The highest BCUT2D eigenvalue weighted by Gasteiger charge is 2.18. The van der Waals surface area contributed by atoms with Gasteiger partial charge in [0.1, 0.15) is 6.61 Å². The minimum Gasteiger partial charge on any atom is -0.445 e. The van der Waals surface area contributed by atoms with Gasteiger partial charge in [0.05, 0.1) is 0 Å². The van der Waals surface area contributed by atoms with E-state index in [0.29, 0.717) is 6.61 Å². The fraction of sp³-hybridized carbons (Fsp3) is 0.611. The van der Waals surface area contributed by atoms with Gasteiger partial charge in [0, 0.05) is 12.6 Å². The highest BCUT2D eigenvalue weighted by Crippen LogP contribution is 2.12. The zero-order valence-corrected chi connectivity index (χ0v) is 13.6. The number of alkyl carbamates (subject to hydrolysis) is 1. The molecule has 1 saturated heterocycles. The third kappa shape index (κ3) is 6.06. The van der Waals surface area contributed by atoms with Crippen molar-refractivity contribution in [3.05, 3.63) is 35.9 Å². The number of likely N-dealkylation sites (tertiary alicyclic amines) is 1. The Hall–Kier alpha value is -1.55. The van der Waals surface area contributed by atoms with E-state index in [1.807, 2.05) is 30.3 Å². The Morgan fingerprint density at radius 1 is 1.27 bits per heavy atom. The monoisotopic (exact) mass is 304 g/mol. The molecule has 22 heavy (non-hydrogen) atoms. The molecule has 1 aliphatic rings. The number of hydrogen-bond acceptors (Lipinski definition) is 3. The molecule has 1 aromatic carbocycles. The zero-order valence-electron chi connectivity index (χ0n) is 13.6. The summed E-state index contributed by atoms with van der Waals surface area (Å²) < 4.78 is 5.30. The number of ether oxygens (including phenoxy) is 1. The maximum absolute atomic E-state index is 11.9. The number of unbranched alkanes of at least 4 members (excludes halogenated alkanes) is 1. The van der Waals surface area contributed by atoms with E-state index < -0.39 is 0 Å². The number of nitrogens with one attached hydrogen (secondary N) is 1. The van der Waals surface area contributed by atoms with Gasteiger partial charge in [-0.15, -0.1) is 0 Å². The highest BCUT2D eigenvalue weighted by molar-refractivity contribution is 5.67. The Morgan fingerprint density at radius 2 is 2.09 bits per heavy atom. The molecule has 0 aliphatic carbocycles. The van der Waals surface area contributed by atoms with E-state index in [-0.39, 0.29) is 12.1 Å². The van der Waals surface area contributed by atoms with Gasteiger partial charge >= 0.3 is 6.09 Å². The van der Waals surface area contributed by atoms with Crippen LogP contribution in [0.2, 0.25) is 0 Å². The van der Waals surface area contributed by atoms with Gasteiger partial charge < -0.3 is 15.0 Å². The van der Waals surface area contributed by atoms with E-state index >= 15 is 0 Å². The Kier molecular flexibility index (Phi) is 7.23. The van der Waals surface area contributed by atoms with Crippen LogP contribution in [0.3, 0.4) is 0 Å². The molecule has 1 N–H and O–H groups in total. The van der Waals surface area contributed by atoms with Crippen molar-refractivity contribution in [2.75, 3.05) is 19.6 Å². The predicted molar refractivity (Wildman–Crippen MR) is 88.7 cm³/mol. The van der Waals surface area contributed by atoms with Crippen molar-refractivity contribution in [3.8, 4) is 0 Å². The summed E-state index contributed by atoms with van der Waals surface area (Å²) in [5.41, 5.74) is 1.02. The third-order valence-electron chi connectivity index (χ3n) is 4.18. The molecule has 0 spiro atoms. The van der Waals surface area contributed by atoms with Crippen LogP contribution < -0.4 is 5.32 Å². The lowest BCUT2D eigenvalue weighted by atomic mass is 10.1. The second kappa shape index (κ2) is 9.46. The Bertz CT molecular complexity index is 436. The van der Waals surface area contributed by atoms with Crippen LogP contribution in [-0.4, -0.2) is 36.7 Å². The van der Waals surface area contributed by atoms with Gasteiger partial charge in [0.15, 0.2) is 0 Å². The van der Waals surface area contributed by atoms with Gasteiger partial charge in [-0.3, -0.25) is 0 Å². The first-order valence-corrected chi connectivity index (χ1v) is 8.47. The van der Waals surface area contributed by atoms with E-state index in [2.05, 4.69) is 17.1 Å². The summed E-state index contributed by atoms with van der Waals surface area (Å²) in [6, 6.07) is 10.0. The van der Waals surface area contributed by atoms with E-state index in [0.717, 1.165) is 37.9 Å². The molecule has 4 nitrogen and oxygen atoms in total. The lowest BCUT2D eigenvalue weighted by Gasteiger charge is -2.20. The number of amides is 1. The van der Waals surface area contributed by atoms with Gasteiger partial charge in [-0.25, -0.2) is 4.79 Å². The second-order valence-corrected chi connectivity index (χ2v) is 6.03. The Labute approximate surface area is 133 Å². The van der Waals surface area contributed by atoms with Crippen LogP contribution in [0.15, 0.2) is 30.3 Å². The lowest BCUT2D eigenvalue weighted by molar-refractivity contribution is 0.134. The van der Waals surface area contributed by atoms with Crippen molar-refractivity contribution in [2.45, 2.75) is 51.7 Å². The molecule has 0 bridgehead atoms. The molecule has 4 heteroatoms. The SMILES string of the molecule is CCCCN1CCCC(NC(=O)OCc2ccccc2)CC1. The van der Waals surface area contributed by atoms with Crippen molar-refractivity contribution in [1.29, 1.82) is 0 Å². The lowest BCUT2D eigenvalue weighted by Crippen LogP contribution is -2.36. The molecule has 2 rings (SSSR count). The topological polar surface area (TPSA) is 41.6 Å². The van der Waals surface area contributed by atoms with Gasteiger partial charge in [-0.05, 0) is 44.3 Å². The minimum absolute atomic E-state index is 0.245. The maximum atomic E-state index is 11.9. The van der Waals surface area contributed by atoms with Crippen molar-refractivity contribution in [2.24, 2.45) is 0 Å². The summed E-state index contributed by atoms with van der Waals surface area (Å²) in [4.78, 5) is 14.4. The van der Waals surface area contributed by atoms with Crippen LogP contribution in [0.4, 0.5) is 4.79 Å². The standard InChI is InChI=1S/C18H28N2O2/c1-2-3-12-20-13-7-10-17(11-14-20)19-18(21)22-15-16-8-5-4-6-9-16/h4-6,8-9,17H,2-3,7,10-15H2,1H3,(H,19,21). The fourth-order valence-electron chi connectivity index (χ4n) is 2.84. The van der Waals surface area contributed by atoms with E-state index in [1.54, 1.807) is 0 Å². The summed E-state index contributed by atoms with van der Waals surface area (Å²) in [5.74, 6) is 0. The number of carbonyl (C=O) groups excluding carboxylic acids is 1. The zero-order chi connectivity index (χ0) is 15.6. The molecule has 1 unspecified atom stereocenters. The smallest absolute Gasteiger partial charge is 0.407 e. The Morgan fingerprint density at radius 3 is 2.86 bits per heavy atom. The average Bonchev–Trinajstić information content (AvgIpc) is 2.77. The van der Waals surface area contributed by atoms with Crippen LogP contribution in [0.25, 0.3) is 0 Å². The normalized spacial score (nSPS) is 19.4. The van der Waals surface area contributed by atoms with Crippen molar-refractivity contribution < 1.29 is 9.53 Å². The number of carbonyl (C=O) groups is 1. The third-order valence-corrected chi connectivity index (χ3v) is 4.18. The maximum Gasteiger partial charge on any atom is 0.407 e. The molecule has 1 aliphatic heterocycles. The summed E-state index contributed by atoms with van der Waals surface area (Å²) in [7, 11) is 0.